The van der Waals surface area contributed by atoms with E-state index in [1.54, 1.807) is 18.2 Å². The van der Waals surface area contributed by atoms with Gasteiger partial charge in [0, 0.05) is 11.3 Å². The highest BCUT2D eigenvalue weighted by molar-refractivity contribution is 7.92. The largest absolute Gasteiger partial charge is 0.366 e. The van der Waals surface area contributed by atoms with E-state index in [9.17, 15) is 18.0 Å². The standard InChI is InChI=1S/C16H17N3O4S/c1-2-24(22,23)19-12-9-7-11(8-10-12)16(21)18-14-6-4-3-5-13(14)15(17)20/h3-10,19H,2H2,1H3,(H2,17,20)(H,18,21). The fourth-order valence-electron chi connectivity index (χ4n) is 1.94. The predicted molar refractivity (Wildman–Crippen MR) is 92.4 cm³/mol. The van der Waals surface area contributed by atoms with Gasteiger partial charge in [-0.05, 0) is 43.3 Å². The van der Waals surface area contributed by atoms with Gasteiger partial charge in [0.25, 0.3) is 11.8 Å². The second-order valence-corrected chi connectivity index (χ2v) is 6.96. The van der Waals surface area contributed by atoms with E-state index >= 15 is 0 Å². The number of sulfonamides is 1. The van der Waals surface area contributed by atoms with Gasteiger partial charge in [0.1, 0.15) is 0 Å². The summed E-state index contributed by atoms with van der Waals surface area (Å²) in [5.74, 6) is -1.12. The van der Waals surface area contributed by atoms with Gasteiger partial charge in [0.05, 0.1) is 17.0 Å². The zero-order chi connectivity index (χ0) is 17.7. The van der Waals surface area contributed by atoms with Crippen LogP contribution in [0.15, 0.2) is 48.5 Å². The summed E-state index contributed by atoms with van der Waals surface area (Å²) in [5.41, 5.74) is 6.46. The highest BCUT2D eigenvalue weighted by Gasteiger charge is 2.12. The Balaban J connectivity index is 2.15. The lowest BCUT2D eigenvalue weighted by molar-refractivity contribution is 0.100. The number of carbonyl (C=O) groups is 2. The summed E-state index contributed by atoms with van der Waals surface area (Å²) in [6.07, 6.45) is 0. The van der Waals surface area contributed by atoms with Crippen LogP contribution in [-0.4, -0.2) is 26.0 Å². The molecule has 0 heterocycles. The van der Waals surface area contributed by atoms with Crippen LogP contribution in [0.4, 0.5) is 11.4 Å². The van der Waals surface area contributed by atoms with Crippen molar-refractivity contribution < 1.29 is 18.0 Å². The molecule has 0 radical (unpaired) electrons. The molecule has 0 saturated heterocycles. The molecule has 0 bridgehead atoms. The van der Waals surface area contributed by atoms with Gasteiger partial charge >= 0.3 is 0 Å². The lowest BCUT2D eigenvalue weighted by atomic mass is 10.1. The molecule has 0 fully saturated rings. The summed E-state index contributed by atoms with van der Waals surface area (Å²) in [7, 11) is -3.37. The van der Waals surface area contributed by atoms with E-state index in [4.69, 9.17) is 5.73 Å². The minimum atomic E-state index is -3.37. The van der Waals surface area contributed by atoms with Crippen LogP contribution in [0.5, 0.6) is 0 Å². The fourth-order valence-corrected chi connectivity index (χ4v) is 2.58. The topological polar surface area (TPSA) is 118 Å². The SMILES string of the molecule is CCS(=O)(=O)Nc1ccc(C(=O)Nc2ccccc2C(N)=O)cc1. The molecule has 0 aliphatic rings. The van der Waals surface area contributed by atoms with Gasteiger partial charge in [0.15, 0.2) is 0 Å². The van der Waals surface area contributed by atoms with E-state index in [0.29, 0.717) is 16.9 Å². The van der Waals surface area contributed by atoms with Crippen LogP contribution in [0.3, 0.4) is 0 Å². The van der Waals surface area contributed by atoms with Crippen molar-refractivity contribution in [3.63, 3.8) is 0 Å². The third kappa shape index (κ3) is 4.32. The molecule has 4 N–H and O–H groups in total. The summed E-state index contributed by atoms with van der Waals surface area (Å²) < 4.78 is 25.4. The summed E-state index contributed by atoms with van der Waals surface area (Å²) >= 11 is 0. The zero-order valence-corrected chi connectivity index (χ0v) is 13.8. The number of nitrogens with one attached hydrogen (secondary N) is 2. The van der Waals surface area contributed by atoms with Crippen LogP contribution in [0.1, 0.15) is 27.6 Å². The minimum Gasteiger partial charge on any atom is -0.366 e. The number of amides is 2. The predicted octanol–water partition coefficient (Wildman–Crippen LogP) is 1.80. The Morgan fingerprint density at radius 3 is 2.25 bits per heavy atom. The number of carbonyl (C=O) groups excluding carboxylic acids is 2. The summed E-state index contributed by atoms with van der Waals surface area (Å²) in [4.78, 5) is 23.6. The number of primary amides is 1. The van der Waals surface area contributed by atoms with Gasteiger partial charge in [-0.15, -0.1) is 0 Å². The monoisotopic (exact) mass is 347 g/mol. The van der Waals surface area contributed by atoms with Crippen molar-refractivity contribution in [3.8, 4) is 0 Å². The third-order valence-electron chi connectivity index (χ3n) is 3.24. The van der Waals surface area contributed by atoms with Gasteiger partial charge in [0.2, 0.25) is 10.0 Å². The van der Waals surface area contributed by atoms with Crippen LogP contribution < -0.4 is 15.8 Å². The smallest absolute Gasteiger partial charge is 0.255 e. The molecule has 0 aliphatic carbocycles. The molecular formula is C16H17N3O4S. The third-order valence-corrected chi connectivity index (χ3v) is 4.55. The first-order valence-electron chi connectivity index (χ1n) is 7.13. The molecule has 2 amide bonds. The average Bonchev–Trinajstić information content (AvgIpc) is 2.55. The Morgan fingerprint density at radius 1 is 1.04 bits per heavy atom. The lowest BCUT2D eigenvalue weighted by Crippen LogP contribution is -2.18. The maximum absolute atomic E-state index is 12.2. The van der Waals surface area contributed by atoms with E-state index < -0.39 is 21.8 Å². The van der Waals surface area contributed by atoms with Crippen LogP contribution in [0, 0.1) is 0 Å². The molecule has 7 nitrogen and oxygen atoms in total. The quantitative estimate of drug-likeness (QED) is 0.738. The molecule has 0 saturated carbocycles. The number of benzene rings is 2. The van der Waals surface area contributed by atoms with Gasteiger partial charge < -0.3 is 11.1 Å². The molecule has 0 atom stereocenters. The number of para-hydroxylation sites is 1. The van der Waals surface area contributed by atoms with Gasteiger partial charge in [-0.2, -0.15) is 0 Å². The highest BCUT2D eigenvalue weighted by Crippen LogP contribution is 2.17. The Labute approximate surface area is 139 Å². The molecule has 126 valence electrons. The Morgan fingerprint density at radius 2 is 1.67 bits per heavy atom. The Bertz CT molecular complexity index is 861. The number of anilines is 2. The second kappa shape index (κ2) is 7.14. The van der Waals surface area contributed by atoms with Crippen molar-refractivity contribution in [2.75, 3.05) is 15.8 Å². The molecule has 0 spiro atoms. The van der Waals surface area contributed by atoms with Crippen molar-refractivity contribution in [3.05, 3.63) is 59.7 Å². The maximum Gasteiger partial charge on any atom is 0.255 e. The van der Waals surface area contributed by atoms with Gasteiger partial charge in [-0.1, -0.05) is 12.1 Å². The molecule has 8 heteroatoms. The van der Waals surface area contributed by atoms with Crippen molar-refractivity contribution >= 4 is 33.2 Å². The minimum absolute atomic E-state index is 0.0425. The van der Waals surface area contributed by atoms with E-state index in [-0.39, 0.29) is 11.3 Å². The Hall–Kier alpha value is -2.87. The van der Waals surface area contributed by atoms with Crippen molar-refractivity contribution in [1.82, 2.24) is 0 Å². The van der Waals surface area contributed by atoms with E-state index in [2.05, 4.69) is 10.0 Å². The first-order valence-corrected chi connectivity index (χ1v) is 8.78. The van der Waals surface area contributed by atoms with Gasteiger partial charge in [-0.25, -0.2) is 8.42 Å². The molecule has 0 aromatic heterocycles. The number of rotatable bonds is 6. The average molecular weight is 347 g/mol. The van der Waals surface area contributed by atoms with Crippen LogP contribution >= 0.6 is 0 Å². The normalized spacial score (nSPS) is 10.9. The lowest BCUT2D eigenvalue weighted by Gasteiger charge is -2.10. The molecule has 2 aromatic carbocycles. The maximum atomic E-state index is 12.2. The second-order valence-electron chi connectivity index (χ2n) is 4.95. The first kappa shape index (κ1) is 17.5. The molecule has 0 unspecified atom stereocenters. The number of nitrogens with two attached hydrogens (primary N) is 1. The van der Waals surface area contributed by atoms with E-state index in [0.717, 1.165) is 0 Å². The van der Waals surface area contributed by atoms with Crippen molar-refractivity contribution in [2.24, 2.45) is 5.73 Å². The molecule has 0 aliphatic heterocycles. The molecule has 24 heavy (non-hydrogen) atoms. The van der Waals surface area contributed by atoms with E-state index in [1.165, 1.54) is 37.3 Å². The molecular weight excluding hydrogens is 330 g/mol. The van der Waals surface area contributed by atoms with Crippen molar-refractivity contribution in [2.45, 2.75) is 6.92 Å². The van der Waals surface area contributed by atoms with Crippen LogP contribution in [0.25, 0.3) is 0 Å². The molecule has 2 aromatic rings. The highest BCUT2D eigenvalue weighted by atomic mass is 32.2. The van der Waals surface area contributed by atoms with Crippen LogP contribution in [0.2, 0.25) is 0 Å². The summed E-state index contributed by atoms with van der Waals surface area (Å²) in [5, 5.41) is 2.61. The van der Waals surface area contributed by atoms with Crippen molar-refractivity contribution in [1.29, 1.82) is 0 Å². The first-order chi connectivity index (χ1) is 11.3. The number of hydrogen-bond acceptors (Lipinski definition) is 4. The van der Waals surface area contributed by atoms with Gasteiger partial charge in [-0.3, -0.25) is 14.3 Å². The summed E-state index contributed by atoms with van der Waals surface area (Å²) in [6.45, 7) is 1.53. The number of hydrogen-bond donors (Lipinski definition) is 3. The molecule has 2 rings (SSSR count). The fraction of sp³-hybridized carbons (Fsp3) is 0.125. The van der Waals surface area contributed by atoms with Crippen LogP contribution in [-0.2, 0) is 10.0 Å². The zero-order valence-electron chi connectivity index (χ0n) is 12.9. The van der Waals surface area contributed by atoms with E-state index in [1.807, 2.05) is 0 Å². The summed E-state index contributed by atoms with van der Waals surface area (Å²) in [6, 6.07) is 12.3. The Kier molecular flexibility index (Phi) is 5.20.